The molecule has 6 nitrogen and oxygen atoms in total. The van der Waals surface area contributed by atoms with Gasteiger partial charge in [-0.05, 0) is 26.2 Å². The second-order valence-electron chi connectivity index (χ2n) is 5.02. The maximum atomic E-state index is 12.0. The fourth-order valence-electron chi connectivity index (χ4n) is 2.08. The summed E-state index contributed by atoms with van der Waals surface area (Å²) in [5, 5.41) is 8.95. The molecule has 1 aliphatic rings. The Morgan fingerprint density at radius 3 is 2.74 bits per heavy atom. The van der Waals surface area contributed by atoms with Gasteiger partial charge in [-0.15, -0.1) is 0 Å². The maximum absolute atomic E-state index is 12.0. The number of rotatable bonds is 5. The summed E-state index contributed by atoms with van der Waals surface area (Å²) in [5.41, 5.74) is 0.0881. The summed E-state index contributed by atoms with van der Waals surface area (Å²) in [4.78, 5) is 11.8. The molecule has 2 rings (SSSR count). The number of hydrogen-bond donors (Lipinski definition) is 2. The summed E-state index contributed by atoms with van der Waals surface area (Å²) in [6.07, 6.45) is 3.30. The van der Waals surface area contributed by atoms with Crippen LogP contribution in [-0.4, -0.2) is 30.6 Å². The van der Waals surface area contributed by atoms with Crippen LogP contribution in [0.15, 0.2) is 4.90 Å². The van der Waals surface area contributed by atoms with Crippen LogP contribution in [-0.2, 0) is 9.05 Å². The van der Waals surface area contributed by atoms with Gasteiger partial charge in [-0.25, -0.2) is 8.42 Å². The van der Waals surface area contributed by atoms with Crippen LogP contribution >= 0.6 is 10.7 Å². The van der Waals surface area contributed by atoms with Gasteiger partial charge in [0.05, 0.1) is 5.69 Å². The number of aromatic amines is 1. The molecule has 0 radical (unpaired) electrons. The number of aryl methyl sites for hydroxylation is 1. The van der Waals surface area contributed by atoms with Crippen molar-refractivity contribution in [2.45, 2.75) is 44.0 Å². The summed E-state index contributed by atoms with van der Waals surface area (Å²) in [6, 6.07) is -0.0112. The highest BCUT2D eigenvalue weighted by Crippen LogP contribution is 2.33. The molecule has 1 heterocycles. The molecule has 1 fully saturated rings. The van der Waals surface area contributed by atoms with Crippen molar-refractivity contribution >= 4 is 25.6 Å². The van der Waals surface area contributed by atoms with E-state index in [2.05, 4.69) is 15.5 Å². The average Bonchev–Trinajstić information content (AvgIpc) is 2.96. The number of nitrogens with zero attached hydrogens (tertiary/aromatic N) is 1. The average molecular weight is 306 g/mol. The zero-order valence-corrected chi connectivity index (χ0v) is 12.3. The van der Waals surface area contributed by atoms with Crippen LogP contribution in [0.5, 0.6) is 0 Å². The quantitative estimate of drug-likeness (QED) is 0.808. The van der Waals surface area contributed by atoms with E-state index in [1.165, 1.54) is 19.8 Å². The minimum absolute atomic E-state index is 0.0112. The molecule has 1 atom stereocenters. The number of carbonyl (C=O) groups excluding carboxylic acids is 1. The number of hydrogen-bond acceptors (Lipinski definition) is 4. The summed E-state index contributed by atoms with van der Waals surface area (Å²) in [7, 11) is 1.32. The largest absolute Gasteiger partial charge is 0.348 e. The van der Waals surface area contributed by atoms with E-state index in [9.17, 15) is 13.2 Å². The predicted molar refractivity (Wildman–Crippen MR) is 70.6 cm³/mol. The first-order valence-corrected chi connectivity index (χ1v) is 8.40. The van der Waals surface area contributed by atoms with Gasteiger partial charge >= 0.3 is 0 Å². The number of carbonyl (C=O) groups is 1. The third kappa shape index (κ3) is 3.48. The highest BCUT2D eigenvalue weighted by molar-refractivity contribution is 8.13. The number of amides is 1. The smallest absolute Gasteiger partial charge is 0.273 e. The van der Waals surface area contributed by atoms with Gasteiger partial charge in [0.25, 0.3) is 15.0 Å². The number of H-pyrrole nitrogens is 1. The highest BCUT2D eigenvalue weighted by Gasteiger charge is 2.29. The zero-order chi connectivity index (χ0) is 14.2. The first-order chi connectivity index (χ1) is 8.79. The minimum Gasteiger partial charge on any atom is -0.348 e. The van der Waals surface area contributed by atoms with Crippen LogP contribution in [0.3, 0.4) is 0 Å². The molecular formula is C11H16ClN3O3S. The number of halogens is 1. The Kier molecular flexibility index (Phi) is 3.87. The molecule has 0 bridgehead atoms. The summed E-state index contributed by atoms with van der Waals surface area (Å²) >= 11 is 0. The van der Waals surface area contributed by atoms with Gasteiger partial charge in [0.2, 0.25) is 0 Å². The lowest BCUT2D eigenvalue weighted by Gasteiger charge is -2.12. The molecule has 19 heavy (non-hydrogen) atoms. The molecule has 0 saturated heterocycles. The Morgan fingerprint density at radius 2 is 2.21 bits per heavy atom. The Hall–Kier alpha value is -1.08. The lowest BCUT2D eigenvalue weighted by molar-refractivity contribution is 0.0929. The molecule has 1 saturated carbocycles. The molecule has 1 aliphatic carbocycles. The van der Waals surface area contributed by atoms with Gasteiger partial charge in [-0.2, -0.15) is 5.10 Å². The fraction of sp³-hybridized carbons (Fsp3) is 0.636. The van der Waals surface area contributed by atoms with Gasteiger partial charge in [-0.3, -0.25) is 9.89 Å². The monoisotopic (exact) mass is 305 g/mol. The van der Waals surface area contributed by atoms with Crippen molar-refractivity contribution in [3.8, 4) is 0 Å². The Labute approximate surface area is 116 Å². The summed E-state index contributed by atoms with van der Waals surface area (Å²) in [6.45, 7) is 3.40. The van der Waals surface area contributed by atoms with E-state index in [0.29, 0.717) is 5.92 Å². The van der Waals surface area contributed by atoms with Crippen molar-refractivity contribution in [3.05, 3.63) is 11.4 Å². The molecule has 0 aliphatic heterocycles. The van der Waals surface area contributed by atoms with Crippen molar-refractivity contribution in [1.82, 2.24) is 15.5 Å². The van der Waals surface area contributed by atoms with Crippen LogP contribution in [0.2, 0.25) is 0 Å². The van der Waals surface area contributed by atoms with E-state index in [1.807, 2.05) is 6.92 Å². The van der Waals surface area contributed by atoms with E-state index >= 15 is 0 Å². The molecule has 8 heteroatoms. The van der Waals surface area contributed by atoms with E-state index < -0.39 is 15.0 Å². The van der Waals surface area contributed by atoms with E-state index in [1.54, 1.807) is 0 Å². The predicted octanol–water partition coefficient (Wildman–Crippen LogP) is 1.56. The van der Waals surface area contributed by atoms with Gasteiger partial charge < -0.3 is 5.32 Å². The highest BCUT2D eigenvalue weighted by atomic mass is 35.7. The fourth-order valence-corrected chi connectivity index (χ4v) is 3.42. The second kappa shape index (κ2) is 5.13. The first kappa shape index (κ1) is 14.3. The summed E-state index contributed by atoms with van der Waals surface area (Å²) in [5.74, 6) is 0.157. The maximum Gasteiger partial charge on any atom is 0.273 e. The van der Waals surface area contributed by atoms with Crippen LogP contribution < -0.4 is 5.32 Å². The third-order valence-electron chi connectivity index (χ3n) is 3.11. The Bertz CT molecular complexity index is 592. The SMILES string of the molecule is Cc1[nH]nc(C(=O)NC(C)CC2CC2)c1S(=O)(=O)Cl. The van der Waals surface area contributed by atoms with Crippen molar-refractivity contribution in [2.24, 2.45) is 5.92 Å². The molecule has 0 aromatic carbocycles. The van der Waals surface area contributed by atoms with Gasteiger partial charge in [-0.1, -0.05) is 12.8 Å². The molecule has 1 unspecified atom stereocenters. The van der Waals surface area contributed by atoms with Crippen LogP contribution in [0.25, 0.3) is 0 Å². The molecule has 1 aromatic heterocycles. The minimum atomic E-state index is -3.99. The Balaban J connectivity index is 2.15. The van der Waals surface area contributed by atoms with Crippen LogP contribution in [0.4, 0.5) is 0 Å². The molecule has 106 valence electrons. The van der Waals surface area contributed by atoms with E-state index in [4.69, 9.17) is 10.7 Å². The van der Waals surface area contributed by atoms with Crippen LogP contribution in [0.1, 0.15) is 42.4 Å². The summed E-state index contributed by atoms with van der Waals surface area (Å²) < 4.78 is 22.9. The van der Waals surface area contributed by atoms with Crippen LogP contribution in [0, 0.1) is 12.8 Å². The van der Waals surface area contributed by atoms with Crippen molar-refractivity contribution in [3.63, 3.8) is 0 Å². The molecular weight excluding hydrogens is 290 g/mol. The first-order valence-electron chi connectivity index (χ1n) is 6.09. The lowest BCUT2D eigenvalue weighted by Crippen LogP contribution is -2.33. The normalized spacial score (nSPS) is 17.2. The lowest BCUT2D eigenvalue weighted by atomic mass is 10.1. The third-order valence-corrected chi connectivity index (χ3v) is 4.56. The van der Waals surface area contributed by atoms with Crippen molar-refractivity contribution in [1.29, 1.82) is 0 Å². The number of aromatic nitrogens is 2. The standard InChI is InChI=1S/C11H16ClN3O3S/c1-6(5-8-3-4-8)13-11(16)9-10(19(12,17)18)7(2)14-15-9/h6,8H,3-5H2,1-2H3,(H,13,16)(H,14,15). The van der Waals surface area contributed by atoms with E-state index in [-0.39, 0.29) is 22.3 Å². The molecule has 1 aromatic rings. The van der Waals surface area contributed by atoms with Crippen molar-refractivity contribution in [2.75, 3.05) is 0 Å². The van der Waals surface area contributed by atoms with E-state index in [0.717, 1.165) is 6.42 Å². The van der Waals surface area contributed by atoms with Gasteiger partial charge in [0.1, 0.15) is 4.90 Å². The second-order valence-corrected chi connectivity index (χ2v) is 7.52. The number of nitrogens with one attached hydrogen (secondary N) is 2. The Morgan fingerprint density at radius 1 is 1.58 bits per heavy atom. The van der Waals surface area contributed by atoms with Crippen molar-refractivity contribution < 1.29 is 13.2 Å². The molecule has 2 N–H and O–H groups in total. The molecule has 1 amide bonds. The topological polar surface area (TPSA) is 91.9 Å². The van der Waals surface area contributed by atoms with Gasteiger partial charge in [0, 0.05) is 16.7 Å². The zero-order valence-electron chi connectivity index (χ0n) is 10.7. The molecule has 0 spiro atoms. The van der Waals surface area contributed by atoms with Gasteiger partial charge in [0.15, 0.2) is 5.69 Å².